The molecule has 3 N–H and O–H groups in total. The molecule has 0 unspecified atom stereocenters. The fourth-order valence-corrected chi connectivity index (χ4v) is 5.29. The summed E-state index contributed by atoms with van der Waals surface area (Å²) in [5.41, 5.74) is 11.2. The second-order valence-corrected chi connectivity index (χ2v) is 14.9. The summed E-state index contributed by atoms with van der Waals surface area (Å²) in [5, 5.41) is 11.7. The van der Waals surface area contributed by atoms with Gasteiger partial charge in [-0.25, -0.2) is 0 Å². The third-order valence-electron chi connectivity index (χ3n) is 7.62. The molecule has 2 aromatic heterocycles. The molecule has 0 spiro atoms. The largest absolute Gasteiger partial charge is 0.364 e. The molecule has 0 atom stereocenters. The van der Waals surface area contributed by atoms with Gasteiger partial charge in [-0.3, -0.25) is 28.5 Å². The number of halogens is 1. The molecule has 272 valence electrons. The molecule has 0 bridgehead atoms. The van der Waals surface area contributed by atoms with E-state index >= 15 is 0 Å². The van der Waals surface area contributed by atoms with Crippen molar-refractivity contribution in [1.82, 2.24) is 19.6 Å². The first-order valence-corrected chi connectivity index (χ1v) is 17.6. The molecule has 11 heteroatoms. The number of amides is 2. The maximum absolute atomic E-state index is 12.6. The molecule has 6 aromatic rings. The summed E-state index contributed by atoms with van der Waals surface area (Å²) in [7, 11) is 0. The van der Waals surface area contributed by atoms with Gasteiger partial charge in [0, 0.05) is 21.3 Å². The van der Waals surface area contributed by atoms with Crippen molar-refractivity contribution < 1.29 is 19.2 Å². The standard InChI is InChI=1S/C21H21N3O2.C14H17N3O.C7H5BrO/c1-21(2,3)24-19(16-7-5-4-6-8-16)13-18(23-24)20(26)22-17-11-9-15(14-25)10-12-17;1-14(2,3)17-12(9-11(16-17)13(15)18)10-7-5-4-6-8-10;8-7-3-1-6(5-9)2-4-7/h4-14H,1-3H3,(H,22,26);4-9H,1-3H3,(H2,15,18);1-5H. The van der Waals surface area contributed by atoms with E-state index in [0.717, 1.165) is 39.6 Å². The first-order valence-electron chi connectivity index (χ1n) is 16.8. The number of hydrogen-bond donors (Lipinski definition) is 2. The number of hydrogen-bond acceptors (Lipinski definition) is 6. The van der Waals surface area contributed by atoms with E-state index in [2.05, 4.69) is 31.4 Å². The van der Waals surface area contributed by atoms with Crippen LogP contribution in [0.25, 0.3) is 22.5 Å². The maximum atomic E-state index is 12.6. The Morgan fingerprint density at radius 3 is 1.42 bits per heavy atom. The summed E-state index contributed by atoms with van der Waals surface area (Å²) >= 11 is 3.26. The van der Waals surface area contributed by atoms with Gasteiger partial charge in [-0.15, -0.1) is 0 Å². The number of rotatable bonds is 7. The number of nitrogens with two attached hydrogens (primary N) is 1. The lowest BCUT2D eigenvalue weighted by atomic mass is 10.1. The number of aldehydes is 2. The molecule has 2 heterocycles. The monoisotopic (exact) mass is 774 g/mol. The first-order chi connectivity index (χ1) is 25.1. The van der Waals surface area contributed by atoms with Gasteiger partial charge in [-0.2, -0.15) is 10.2 Å². The van der Waals surface area contributed by atoms with E-state index < -0.39 is 5.91 Å². The smallest absolute Gasteiger partial charge is 0.276 e. The molecular formula is C42H43BrN6O4. The van der Waals surface area contributed by atoms with E-state index in [1.54, 1.807) is 48.5 Å². The zero-order valence-electron chi connectivity index (χ0n) is 30.6. The number of carbonyl (C=O) groups excluding carboxylic acids is 4. The second-order valence-electron chi connectivity index (χ2n) is 14.0. The molecule has 2 amide bonds. The van der Waals surface area contributed by atoms with Crippen molar-refractivity contribution in [3.05, 3.63) is 148 Å². The Labute approximate surface area is 318 Å². The Balaban J connectivity index is 0.000000200. The highest BCUT2D eigenvalue weighted by Crippen LogP contribution is 2.28. The molecule has 53 heavy (non-hydrogen) atoms. The van der Waals surface area contributed by atoms with E-state index in [9.17, 15) is 19.2 Å². The zero-order valence-corrected chi connectivity index (χ0v) is 32.2. The van der Waals surface area contributed by atoms with Crippen LogP contribution in [0.2, 0.25) is 0 Å². The third kappa shape index (κ3) is 11.0. The molecule has 0 fully saturated rings. The van der Waals surface area contributed by atoms with Crippen LogP contribution in [0.3, 0.4) is 0 Å². The van der Waals surface area contributed by atoms with Crippen molar-refractivity contribution in [3.63, 3.8) is 0 Å². The number of benzene rings is 4. The normalized spacial score (nSPS) is 10.9. The van der Waals surface area contributed by atoms with E-state index in [1.807, 2.05) is 124 Å². The van der Waals surface area contributed by atoms with Crippen molar-refractivity contribution in [2.45, 2.75) is 52.6 Å². The molecule has 0 aliphatic carbocycles. The van der Waals surface area contributed by atoms with Gasteiger partial charge in [0.2, 0.25) is 0 Å². The van der Waals surface area contributed by atoms with Crippen molar-refractivity contribution in [1.29, 1.82) is 0 Å². The minimum Gasteiger partial charge on any atom is -0.364 e. The van der Waals surface area contributed by atoms with Crippen LogP contribution in [-0.2, 0) is 11.1 Å². The summed E-state index contributed by atoms with van der Waals surface area (Å²) in [6, 6.07) is 37.2. The van der Waals surface area contributed by atoms with E-state index in [1.165, 1.54) is 0 Å². The zero-order chi connectivity index (χ0) is 38.8. The Morgan fingerprint density at radius 2 is 1.02 bits per heavy atom. The predicted molar refractivity (Wildman–Crippen MR) is 213 cm³/mol. The van der Waals surface area contributed by atoms with Gasteiger partial charge >= 0.3 is 0 Å². The Hall–Kier alpha value is -5.94. The van der Waals surface area contributed by atoms with E-state index in [-0.39, 0.29) is 17.0 Å². The lowest BCUT2D eigenvalue weighted by molar-refractivity contribution is 0.0991. The summed E-state index contributed by atoms with van der Waals surface area (Å²) < 4.78 is 4.70. The van der Waals surface area contributed by atoms with Crippen LogP contribution in [0, 0.1) is 0 Å². The van der Waals surface area contributed by atoms with Crippen LogP contribution >= 0.6 is 15.9 Å². The number of carbonyl (C=O) groups is 4. The SMILES string of the molecule is CC(C)(C)n1nc(C(=O)Nc2ccc(C=O)cc2)cc1-c1ccccc1.CC(C)(C)n1nc(C(N)=O)cc1-c1ccccc1.O=Cc1ccc(Br)cc1. The summed E-state index contributed by atoms with van der Waals surface area (Å²) in [5.74, 6) is -0.792. The lowest BCUT2D eigenvalue weighted by Crippen LogP contribution is -2.25. The van der Waals surface area contributed by atoms with Crippen molar-refractivity contribution in [2.24, 2.45) is 5.73 Å². The molecule has 4 aromatic carbocycles. The Bertz CT molecular complexity index is 2140. The quantitative estimate of drug-likeness (QED) is 0.155. The Morgan fingerprint density at radius 1 is 0.623 bits per heavy atom. The van der Waals surface area contributed by atoms with Gasteiger partial charge in [0.25, 0.3) is 11.8 Å². The van der Waals surface area contributed by atoms with Crippen molar-refractivity contribution >= 4 is 46.0 Å². The number of nitrogens with one attached hydrogen (secondary N) is 1. The molecule has 0 aliphatic heterocycles. The summed E-state index contributed by atoms with van der Waals surface area (Å²) in [6.07, 6.45) is 1.59. The maximum Gasteiger partial charge on any atom is 0.276 e. The van der Waals surface area contributed by atoms with Gasteiger partial charge < -0.3 is 11.1 Å². The molecular weight excluding hydrogens is 732 g/mol. The van der Waals surface area contributed by atoms with Gasteiger partial charge in [-0.05, 0) is 101 Å². The third-order valence-corrected chi connectivity index (χ3v) is 8.15. The first kappa shape index (κ1) is 39.8. The number of nitrogens with zero attached hydrogens (tertiary/aromatic N) is 4. The molecule has 0 aliphatic rings. The average Bonchev–Trinajstić information content (AvgIpc) is 3.81. The molecule has 0 saturated carbocycles. The minimum absolute atomic E-state index is 0.209. The Kier molecular flexibility index (Phi) is 13.2. The number of primary amides is 1. The van der Waals surface area contributed by atoms with Crippen LogP contribution in [0.15, 0.2) is 126 Å². The molecule has 0 radical (unpaired) electrons. The predicted octanol–water partition coefficient (Wildman–Crippen LogP) is 9.04. The van der Waals surface area contributed by atoms with Crippen LogP contribution in [0.4, 0.5) is 5.69 Å². The van der Waals surface area contributed by atoms with Crippen LogP contribution in [0.1, 0.15) is 83.2 Å². The van der Waals surface area contributed by atoms with Gasteiger partial charge in [-0.1, -0.05) is 88.7 Å². The highest BCUT2D eigenvalue weighted by atomic mass is 79.9. The molecule has 10 nitrogen and oxygen atoms in total. The van der Waals surface area contributed by atoms with Crippen molar-refractivity contribution in [3.8, 4) is 22.5 Å². The van der Waals surface area contributed by atoms with Crippen LogP contribution in [0.5, 0.6) is 0 Å². The molecule has 0 saturated heterocycles. The van der Waals surface area contributed by atoms with Crippen molar-refractivity contribution in [2.75, 3.05) is 5.32 Å². The number of aromatic nitrogens is 4. The topological polar surface area (TPSA) is 142 Å². The summed E-state index contributed by atoms with van der Waals surface area (Å²) in [6.45, 7) is 12.3. The highest BCUT2D eigenvalue weighted by molar-refractivity contribution is 9.10. The molecule has 6 rings (SSSR count). The van der Waals surface area contributed by atoms with Gasteiger partial charge in [0.15, 0.2) is 11.4 Å². The highest BCUT2D eigenvalue weighted by Gasteiger charge is 2.24. The summed E-state index contributed by atoms with van der Waals surface area (Å²) in [4.78, 5) is 44.7. The fraction of sp³-hybridized carbons (Fsp3) is 0.190. The lowest BCUT2D eigenvalue weighted by Gasteiger charge is -2.22. The second kappa shape index (κ2) is 17.5. The minimum atomic E-state index is -0.504. The van der Waals surface area contributed by atoms with Gasteiger partial charge in [0.1, 0.15) is 12.6 Å². The van der Waals surface area contributed by atoms with Crippen LogP contribution in [-0.4, -0.2) is 43.9 Å². The van der Waals surface area contributed by atoms with Gasteiger partial charge in [0.05, 0.1) is 22.5 Å². The van der Waals surface area contributed by atoms with E-state index in [4.69, 9.17) is 5.73 Å². The van der Waals surface area contributed by atoms with E-state index in [0.29, 0.717) is 28.2 Å². The average molecular weight is 776 g/mol. The number of anilines is 1. The fourth-order valence-electron chi connectivity index (χ4n) is 5.03. The van der Waals surface area contributed by atoms with Crippen LogP contribution < -0.4 is 11.1 Å².